The number of rotatable bonds is 16. The number of ether oxygens (including phenoxy) is 8. The number of benzene rings is 6. The third-order valence-corrected chi connectivity index (χ3v) is 13.3. The van der Waals surface area contributed by atoms with Gasteiger partial charge in [-0.1, -0.05) is 125 Å². The minimum absolute atomic E-state index is 0.311. The molecule has 0 radical (unpaired) electrons. The van der Waals surface area contributed by atoms with E-state index in [4.69, 9.17) is 37.9 Å². The SMILES string of the molecule is CCCOc1c2cccc1Cc1cc([C@H]3OC(C)(C)O[C@@H]3c3ccccc3)cc(c1OCCC)Cc1cccc(c1OCCC)Cc1cc([C@H]3OC(C)(C)O[C@@H]3c3ccccc3)cc(c1OCCC)C2. The van der Waals surface area contributed by atoms with Gasteiger partial charge in [-0.15, -0.1) is 0 Å². The lowest BCUT2D eigenvalue weighted by atomic mass is 9.87. The van der Waals surface area contributed by atoms with Gasteiger partial charge in [0.1, 0.15) is 47.4 Å². The second-order valence-electron chi connectivity index (χ2n) is 20.0. The van der Waals surface area contributed by atoms with Crippen molar-refractivity contribution in [2.75, 3.05) is 26.4 Å². The molecule has 8 heteroatoms. The summed E-state index contributed by atoms with van der Waals surface area (Å²) < 4.78 is 54.9. The molecule has 0 spiro atoms. The molecule has 2 fully saturated rings. The van der Waals surface area contributed by atoms with Crippen LogP contribution in [0.4, 0.5) is 0 Å². The zero-order chi connectivity index (χ0) is 48.8. The van der Waals surface area contributed by atoms with Crippen LogP contribution in [-0.4, -0.2) is 38.0 Å². The minimum Gasteiger partial charge on any atom is -0.493 e. The van der Waals surface area contributed by atoms with Gasteiger partial charge in [0.2, 0.25) is 0 Å². The van der Waals surface area contributed by atoms with Gasteiger partial charge in [0.05, 0.1) is 26.4 Å². The molecule has 6 aromatic carbocycles. The van der Waals surface area contributed by atoms with Crippen molar-refractivity contribution in [2.24, 2.45) is 0 Å². The average Bonchev–Trinajstić information content (AvgIpc) is 3.87. The fourth-order valence-electron chi connectivity index (χ4n) is 10.4. The van der Waals surface area contributed by atoms with E-state index >= 15 is 0 Å². The van der Waals surface area contributed by atoms with Crippen molar-refractivity contribution in [2.45, 2.75) is 143 Å². The zero-order valence-corrected chi connectivity index (χ0v) is 42.6. The van der Waals surface area contributed by atoms with Crippen molar-refractivity contribution in [1.82, 2.24) is 0 Å². The quantitative estimate of drug-likeness (QED) is 0.0949. The Morgan fingerprint density at radius 2 is 0.600 bits per heavy atom. The lowest BCUT2D eigenvalue weighted by Crippen LogP contribution is -2.20. The summed E-state index contributed by atoms with van der Waals surface area (Å²) in [5.74, 6) is 1.98. The summed E-state index contributed by atoms with van der Waals surface area (Å²) in [7, 11) is 0. The number of hydrogen-bond donors (Lipinski definition) is 0. The molecule has 9 rings (SSSR count). The topological polar surface area (TPSA) is 73.8 Å². The molecule has 3 aliphatic rings. The van der Waals surface area contributed by atoms with Gasteiger partial charge < -0.3 is 37.9 Å². The molecule has 2 heterocycles. The van der Waals surface area contributed by atoms with E-state index in [1.54, 1.807) is 0 Å². The first kappa shape index (κ1) is 49.3. The van der Waals surface area contributed by atoms with Gasteiger partial charge >= 0.3 is 0 Å². The Balaban J connectivity index is 1.28. The smallest absolute Gasteiger partial charge is 0.164 e. The Hall–Kier alpha value is -5.64. The van der Waals surface area contributed by atoms with Gasteiger partial charge in [-0.05, 0) is 144 Å². The Labute approximate surface area is 416 Å². The first-order valence-electron chi connectivity index (χ1n) is 25.8. The molecule has 8 nitrogen and oxygen atoms in total. The van der Waals surface area contributed by atoms with E-state index in [1.165, 1.54) is 0 Å². The van der Waals surface area contributed by atoms with Crippen molar-refractivity contribution in [3.63, 3.8) is 0 Å². The molecule has 0 saturated carbocycles. The summed E-state index contributed by atoms with van der Waals surface area (Å²) >= 11 is 0. The van der Waals surface area contributed by atoms with Crippen molar-refractivity contribution in [3.05, 3.63) is 188 Å². The van der Waals surface area contributed by atoms with Crippen LogP contribution in [0, 0.1) is 0 Å². The van der Waals surface area contributed by atoms with Gasteiger partial charge in [-0.3, -0.25) is 0 Å². The molecule has 8 bridgehead atoms. The predicted molar refractivity (Wildman–Crippen MR) is 276 cm³/mol. The summed E-state index contributed by atoms with van der Waals surface area (Å²) in [6.45, 7) is 19.0. The molecular formula is C62H72O8. The molecule has 6 aromatic rings. The first-order chi connectivity index (χ1) is 34.0. The van der Waals surface area contributed by atoms with Crippen molar-refractivity contribution >= 4 is 0 Å². The molecule has 1 aliphatic carbocycles. The summed E-state index contributed by atoms with van der Waals surface area (Å²) in [4.78, 5) is 0. The van der Waals surface area contributed by atoms with Crippen molar-refractivity contribution in [1.29, 1.82) is 0 Å². The fraction of sp³-hybridized carbons (Fsp3) is 0.419. The van der Waals surface area contributed by atoms with Crippen LogP contribution in [0.1, 0.15) is 172 Å². The van der Waals surface area contributed by atoms with Crippen LogP contribution < -0.4 is 18.9 Å². The molecule has 70 heavy (non-hydrogen) atoms. The van der Waals surface area contributed by atoms with Gasteiger partial charge in [-0.25, -0.2) is 0 Å². The zero-order valence-electron chi connectivity index (χ0n) is 42.6. The second kappa shape index (κ2) is 21.8. The van der Waals surface area contributed by atoms with Crippen LogP contribution >= 0.6 is 0 Å². The second-order valence-corrected chi connectivity index (χ2v) is 20.0. The van der Waals surface area contributed by atoms with Gasteiger partial charge in [0.25, 0.3) is 0 Å². The minimum atomic E-state index is -0.799. The molecule has 0 unspecified atom stereocenters. The highest BCUT2D eigenvalue weighted by atomic mass is 16.8. The Morgan fingerprint density at radius 3 is 0.871 bits per heavy atom. The highest BCUT2D eigenvalue weighted by Gasteiger charge is 2.45. The molecule has 0 amide bonds. The van der Waals surface area contributed by atoms with Crippen LogP contribution in [0.5, 0.6) is 23.0 Å². The Morgan fingerprint density at radius 1 is 0.343 bits per heavy atom. The summed E-state index contributed by atoms with van der Waals surface area (Å²) in [6, 6.07) is 43.3. The molecule has 2 aliphatic heterocycles. The van der Waals surface area contributed by atoms with E-state index in [2.05, 4.69) is 137 Å². The predicted octanol–water partition coefficient (Wildman–Crippen LogP) is 14.6. The lowest BCUT2D eigenvalue weighted by Gasteiger charge is -2.26. The van der Waals surface area contributed by atoms with Crippen LogP contribution in [-0.2, 0) is 44.6 Å². The normalized spacial score (nSPS) is 20.2. The van der Waals surface area contributed by atoms with E-state index in [0.717, 1.165) is 115 Å². The Kier molecular flexibility index (Phi) is 15.4. The van der Waals surface area contributed by atoms with Gasteiger partial charge in [0, 0.05) is 25.7 Å². The highest BCUT2D eigenvalue weighted by molar-refractivity contribution is 5.58. The third-order valence-electron chi connectivity index (χ3n) is 13.3. The van der Waals surface area contributed by atoms with Crippen molar-refractivity contribution < 1.29 is 37.9 Å². The molecule has 368 valence electrons. The van der Waals surface area contributed by atoms with Gasteiger partial charge in [0.15, 0.2) is 11.6 Å². The Bertz CT molecular complexity index is 2430. The van der Waals surface area contributed by atoms with E-state index < -0.39 is 11.6 Å². The van der Waals surface area contributed by atoms with Crippen LogP contribution in [0.25, 0.3) is 0 Å². The molecule has 2 saturated heterocycles. The largest absolute Gasteiger partial charge is 0.493 e. The maximum Gasteiger partial charge on any atom is 0.164 e. The van der Waals surface area contributed by atoms with E-state index in [0.29, 0.717) is 52.1 Å². The molecule has 0 N–H and O–H groups in total. The first-order valence-corrected chi connectivity index (χ1v) is 25.8. The molecular weight excluding hydrogens is 873 g/mol. The molecule has 4 atom stereocenters. The summed E-state index contributed by atoms with van der Waals surface area (Å²) in [5.41, 5.74) is 12.9. The average molecular weight is 945 g/mol. The lowest BCUT2D eigenvalue weighted by molar-refractivity contribution is -0.147. The van der Waals surface area contributed by atoms with Crippen LogP contribution in [0.3, 0.4) is 0 Å². The number of para-hydroxylation sites is 2. The highest BCUT2D eigenvalue weighted by Crippen LogP contribution is 2.51. The standard InChI is InChI=1S/C62H72O8/c1-9-29-63-53-43-25-19-26-44(53)34-48-38-52(60-58(68-62(7,8)70-60)42-23-17-14-18-24-42)40-50(56(48)66-32-12-4)36-46-28-20-27-45(54(46)64-30-10-2)35-49-39-51(37-47(33-43)55(49)65-31-11-3)59-57(67-61(5,6)69-59)41-21-15-13-16-22-41/h13-28,37-40,57-60H,9-12,29-36H2,1-8H3/t57-,58-,59-,60-/m1/s1. The summed E-state index contributed by atoms with van der Waals surface area (Å²) in [6.07, 6.45) is 4.42. The number of fused-ring (bicyclic) bond motifs is 8. The van der Waals surface area contributed by atoms with Crippen LogP contribution in [0.2, 0.25) is 0 Å². The fourth-order valence-corrected chi connectivity index (χ4v) is 10.4. The van der Waals surface area contributed by atoms with E-state index in [9.17, 15) is 0 Å². The van der Waals surface area contributed by atoms with E-state index in [1.807, 2.05) is 39.8 Å². The third kappa shape index (κ3) is 11.0. The summed E-state index contributed by atoms with van der Waals surface area (Å²) in [5, 5.41) is 0. The van der Waals surface area contributed by atoms with E-state index in [-0.39, 0.29) is 24.4 Å². The maximum absolute atomic E-state index is 6.93. The van der Waals surface area contributed by atoms with Crippen LogP contribution in [0.15, 0.2) is 121 Å². The van der Waals surface area contributed by atoms with Gasteiger partial charge in [-0.2, -0.15) is 0 Å². The van der Waals surface area contributed by atoms with Crippen molar-refractivity contribution in [3.8, 4) is 23.0 Å². The maximum atomic E-state index is 6.93. The monoisotopic (exact) mass is 945 g/mol. The number of hydrogen-bond acceptors (Lipinski definition) is 8. The molecule has 0 aromatic heterocycles.